The Hall–Kier alpha value is -0.980. The van der Waals surface area contributed by atoms with E-state index in [4.69, 9.17) is 51.7 Å². The Kier molecular flexibility index (Phi) is 3.99. The first-order chi connectivity index (χ1) is 8.54. The van der Waals surface area contributed by atoms with Gasteiger partial charge >= 0.3 is 0 Å². The highest BCUT2D eigenvalue weighted by Crippen LogP contribution is 2.38. The molecule has 0 amide bonds. The number of hydrogen-bond acceptors (Lipinski definition) is 2. The van der Waals surface area contributed by atoms with E-state index < -0.39 is 0 Å². The molecule has 90 valence electrons. The molecule has 0 unspecified atom stereocenters. The predicted molar refractivity (Wildman–Crippen MR) is 74.4 cm³/mol. The number of rotatable bonds is 1. The van der Waals surface area contributed by atoms with Gasteiger partial charge < -0.3 is 0 Å². The number of hydrogen-bond donors (Lipinski definition) is 0. The van der Waals surface area contributed by atoms with E-state index in [9.17, 15) is 0 Å². The maximum atomic E-state index is 8.90. The fraction of sp³-hybridized carbons (Fsp3) is 0. The van der Waals surface area contributed by atoms with Crippen LogP contribution in [-0.2, 0) is 0 Å². The largest absolute Gasteiger partial charge is 0.243 e. The van der Waals surface area contributed by atoms with E-state index >= 15 is 0 Å². The fourth-order valence-electron chi connectivity index (χ4n) is 1.42. The van der Waals surface area contributed by atoms with Gasteiger partial charge in [0.1, 0.15) is 11.2 Å². The molecular formula is C12H4Cl4N2. The quantitative estimate of drug-likeness (QED) is 0.533. The molecule has 1 heterocycles. The maximum absolute atomic E-state index is 8.90. The number of aromatic nitrogens is 1. The van der Waals surface area contributed by atoms with E-state index in [0.29, 0.717) is 21.2 Å². The van der Waals surface area contributed by atoms with Gasteiger partial charge in [-0.1, -0.05) is 52.5 Å². The molecule has 0 bridgehead atoms. The van der Waals surface area contributed by atoms with Crippen molar-refractivity contribution in [2.45, 2.75) is 0 Å². The molecule has 0 atom stereocenters. The molecule has 2 rings (SSSR count). The summed E-state index contributed by atoms with van der Waals surface area (Å²) >= 11 is 23.7. The molecule has 6 heteroatoms. The third kappa shape index (κ3) is 2.41. The Morgan fingerprint density at radius 2 is 1.78 bits per heavy atom. The van der Waals surface area contributed by atoms with Gasteiger partial charge in [-0.15, -0.1) is 0 Å². The fourth-order valence-corrected chi connectivity index (χ4v) is 2.21. The van der Waals surface area contributed by atoms with Crippen LogP contribution in [0, 0.1) is 11.3 Å². The predicted octanol–water partition coefficient (Wildman–Crippen LogP) is 5.23. The highest BCUT2D eigenvalue weighted by Gasteiger charge is 2.12. The van der Waals surface area contributed by atoms with Gasteiger partial charge in [-0.2, -0.15) is 5.26 Å². The minimum atomic E-state index is 0.150. The van der Waals surface area contributed by atoms with Gasteiger partial charge in [0, 0.05) is 17.3 Å². The number of benzene rings is 1. The molecule has 2 aromatic rings. The molecule has 0 spiro atoms. The monoisotopic (exact) mass is 316 g/mol. The van der Waals surface area contributed by atoms with Crippen LogP contribution in [-0.4, -0.2) is 4.98 Å². The summed E-state index contributed by atoms with van der Waals surface area (Å²) in [6.07, 6.45) is 1.52. The van der Waals surface area contributed by atoms with E-state index in [0.717, 1.165) is 0 Å². The first kappa shape index (κ1) is 13.5. The van der Waals surface area contributed by atoms with Crippen molar-refractivity contribution in [1.82, 2.24) is 4.98 Å². The topological polar surface area (TPSA) is 36.7 Å². The van der Waals surface area contributed by atoms with E-state index in [1.807, 2.05) is 6.07 Å². The van der Waals surface area contributed by atoms with Crippen molar-refractivity contribution in [3.05, 3.63) is 50.2 Å². The zero-order valence-corrected chi connectivity index (χ0v) is 11.7. The second-order valence-corrected chi connectivity index (χ2v) is 4.92. The second-order valence-electron chi connectivity index (χ2n) is 3.40. The Bertz CT molecular complexity index is 662. The molecule has 0 aliphatic heterocycles. The van der Waals surface area contributed by atoms with Crippen LogP contribution in [0.25, 0.3) is 11.1 Å². The van der Waals surface area contributed by atoms with E-state index in [-0.39, 0.29) is 15.7 Å². The van der Waals surface area contributed by atoms with Crippen molar-refractivity contribution in [3.8, 4) is 17.2 Å². The average Bonchev–Trinajstić information content (AvgIpc) is 2.37. The summed E-state index contributed by atoms with van der Waals surface area (Å²) in [7, 11) is 0. The maximum Gasteiger partial charge on any atom is 0.146 e. The highest BCUT2D eigenvalue weighted by atomic mass is 35.5. The second kappa shape index (κ2) is 5.34. The van der Waals surface area contributed by atoms with Gasteiger partial charge in [-0.05, 0) is 12.1 Å². The minimum absolute atomic E-state index is 0.150. The molecule has 0 aliphatic rings. The molecule has 0 N–H and O–H groups in total. The van der Waals surface area contributed by atoms with Crippen molar-refractivity contribution < 1.29 is 0 Å². The van der Waals surface area contributed by atoms with Crippen molar-refractivity contribution >= 4 is 46.4 Å². The van der Waals surface area contributed by atoms with E-state index in [1.165, 1.54) is 6.20 Å². The smallest absolute Gasteiger partial charge is 0.146 e. The molecule has 1 aromatic carbocycles. The van der Waals surface area contributed by atoms with Crippen LogP contribution in [0.15, 0.2) is 24.4 Å². The number of nitrogens with zero attached hydrogens (tertiary/aromatic N) is 2. The summed E-state index contributed by atoms with van der Waals surface area (Å²) < 4.78 is 0. The van der Waals surface area contributed by atoms with Crippen molar-refractivity contribution in [2.24, 2.45) is 0 Å². The molecule has 0 radical (unpaired) electrons. The van der Waals surface area contributed by atoms with E-state index in [1.54, 1.807) is 18.2 Å². The minimum Gasteiger partial charge on any atom is -0.243 e. The van der Waals surface area contributed by atoms with Crippen LogP contribution in [0.4, 0.5) is 0 Å². The molecule has 1 aromatic heterocycles. The van der Waals surface area contributed by atoms with Gasteiger partial charge in [0.25, 0.3) is 0 Å². The van der Waals surface area contributed by atoms with Gasteiger partial charge in [0.15, 0.2) is 0 Å². The number of nitriles is 1. The third-order valence-corrected chi connectivity index (χ3v) is 3.90. The van der Waals surface area contributed by atoms with Gasteiger partial charge in [-0.25, -0.2) is 4.98 Å². The number of pyridine rings is 1. The van der Waals surface area contributed by atoms with Crippen LogP contribution in [0.5, 0.6) is 0 Å². The normalized spacial score (nSPS) is 10.2. The lowest BCUT2D eigenvalue weighted by Crippen LogP contribution is -1.87. The molecule has 0 aliphatic carbocycles. The molecule has 18 heavy (non-hydrogen) atoms. The third-order valence-electron chi connectivity index (χ3n) is 2.31. The molecular weight excluding hydrogens is 314 g/mol. The van der Waals surface area contributed by atoms with Crippen LogP contribution in [0.2, 0.25) is 20.2 Å². The number of halogens is 4. The average molecular weight is 318 g/mol. The lowest BCUT2D eigenvalue weighted by molar-refractivity contribution is 1.30. The summed E-state index contributed by atoms with van der Waals surface area (Å²) in [6.45, 7) is 0. The van der Waals surface area contributed by atoms with Crippen LogP contribution in [0.1, 0.15) is 5.56 Å². The van der Waals surface area contributed by atoms with Gasteiger partial charge in [0.05, 0.1) is 20.6 Å². The standard InChI is InChI=1S/C12H4Cl4N2/c13-9-2-1-8(10(14)11(9)15)7-3-6(4-17)12(16)18-5-7/h1-3,5H. The SMILES string of the molecule is N#Cc1cc(-c2ccc(Cl)c(Cl)c2Cl)cnc1Cl. The lowest BCUT2D eigenvalue weighted by atomic mass is 10.1. The Morgan fingerprint density at radius 1 is 1.06 bits per heavy atom. The van der Waals surface area contributed by atoms with Crippen molar-refractivity contribution in [1.29, 1.82) is 5.26 Å². The van der Waals surface area contributed by atoms with Crippen LogP contribution < -0.4 is 0 Å². The highest BCUT2D eigenvalue weighted by molar-refractivity contribution is 6.49. The zero-order valence-electron chi connectivity index (χ0n) is 8.72. The Balaban J connectivity index is 2.64. The van der Waals surface area contributed by atoms with Crippen LogP contribution in [0.3, 0.4) is 0 Å². The lowest BCUT2D eigenvalue weighted by Gasteiger charge is -2.07. The van der Waals surface area contributed by atoms with Crippen molar-refractivity contribution in [3.63, 3.8) is 0 Å². The van der Waals surface area contributed by atoms with Crippen molar-refractivity contribution in [2.75, 3.05) is 0 Å². The summed E-state index contributed by atoms with van der Waals surface area (Å²) in [4.78, 5) is 3.93. The summed E-state index contributed by atoms with van der Waals surface area (Å²) in [5.41, 5.74) is 1.57. The first-order valence-corrected chi connectivity index (χ1v) is 6.25. The van der Waals surface area contributed by atoms with Crippen LogP contribution >= 0.6 is 46.4 Å². The zero-order chi connectivity index (χ0) is 13.3. The van der Waals surface area contributed by atoms with Gasteiger partial charge in [-0.3, -0.25) is 0 Å². The molecule has 2 nitrogen and oxygen atoms in total. The summed E-state index contributed by atoms with van der Waals surface area (Å²) in [6, 6.07) is 6.89. The molecule has 0 saturated heterocycles. The Labute approximate surface area is 124 Å². The molecule has 0 saturated carbocycles. The van der Waals surface area contributed by atoms with E-state index in [2.05, 4.69) is 4.98 Å². The van der Waals surface area contributed by atoms with Gasteiger partial charge in [0.2, 0.25) is 0 Å². The Morgan fingerprint density at radius 3 is 2.44 bits per heavy atom. The first-order valence-electron chi connectivity index (χ1n) is 4.74. The summed E-state index contributed by atoms with van der Waals surface area (Å²) in [5, 5.41) is 10.0. The summed E-state index contributed by atoms with van der Waals surface area (Å²) in [5.74, 6) is 0. The molecule has 0 fully saturated rings.